The van der Waals surface area contributed by atoms with Crippen molar-refractivity contribution >= 4 is 17.4 Å². The molecule has 2 aromatic carbocycles. The van der Waals surface area contributed by atoms with Crippen LogP contribution in [0.3, 0.4) is 0 Å². The van der Waals surface area contributed by atoms with E-state index < -0.39 is 10.9 Å². The maximum absolute atomic E-state index is 12.1. The topological polar surface area (TPSA) is 120 Å². The summed E-state index contributed by atoms with van der Waals surface area (Å²) < 4.78 is 5.51. The maximum atomic E-state index is 12.1. The summed E-state index contributed by atoms with van der Waals surface area (Å²) in [7, 11) is 0. The number of benzene rings is 2. The highest BCUT2D eigenvalue weighted by atomic mass is 16.6. The summed E-state index contributed by atoms with van der Waals surface area (Å²) in [5.41, 5.74) is 2.35. The molecule has 0 radical (unpaired) electrons. The molecule has 1 aromatic heterocycles. The van der Waals surface area contributed by atoms with Crippen LogP contribution in [0.1, 0.15) is 27.2 Å². The molecule has 0 saturated heterocycles. The number of carboxylic acids is 1. The van der Waals surface area contributed by atoms with Gasteiger partial charge in [-0.2, -0.15) is 0 Å². The van der Waals surface area contributed by atoms with Crippen molar-refractivity contribution in [2.75, 3.05) is 6.61 Å². The number of hydrogen-bond acceptors (Lipinski definition) is 6. The first-order valence-corrected chi connectivity index (χ1v) is 9.06. The minimum Gasteiger partial charge on any atom is -0.486 e. The van der Waals surface area contributed by atoms with Gasteiger partial charge in [0.25, 0.3) is 5.69 Å². The second-order valence-corrected chi connectivity index (χ2v) is 6.60. The van der Waals surface area contributed by atoms with Crippen LogP contribution in [0.2, 0.25) is 0 Å². The van der Waals surface area contributed by atoms with Crippen LogP contribution in [0.15, 0.2) is 66.9 Å². The van der Waals surface area contributed by atoms with Crippen LogP contribution < -0.4 is 4.74 Å². The first kappa shape index (κ1) is 20.7. The van der Waals surface area contributed by atoms with E-state index in [4.69, 9.17) is 9.84 Å². The van der Waals surface area contributed by atoms with E-state index in [0.29, 0.717) is 23.4 Å². The molecule has 0 amide bonds. The van der Waals surface area contributed by atoms with Crippen LogP contribution in [0.4, 0.5) is 5.69 Å². The zero-order chi connectivity index (χ0) is 21.5. The summed E-state index contributed by atoms with van der Waals surface area (Å²) in [6.45, 7) is -0.124. The highest BCUT2D eigenvalue weighted by molar-refractivity contribution is 5.88. The van der Waals surface area contributed by atoms with Crippen molar-refractivity contribution < 1.29 is 24.4 Å². The van der Waals surface area contributed by atoms with E-state index in [1.54, 1.807) is 30.3 Å². The summed E-state index contributed by atoms with van der Waals surface area (Å²) in [6, 6.07) is 16.4. The Kier molecular flexibility index (Phi) is 6.49. The zero-order valence-corrected chi connectivity index (χ0v) is 15.9. The third-order valence-electron chi connectivity index (χ3n) is 4.30. The van der Waals surface area contributed by atoms with Crippen LogP contribution in [-0.2, 0) is 17.6 Å². The largest absolute Gasteiger partial charge is 0.486 e. The van der Waals surface area contributed by atoms with Gasteiger partial charge in [-0.05, 0) is 41.5 Å². The number of ketones is 1. The first-order valence-electron chi connectivity index (χ1n) is 9.06. The lowest BCUT2D eigenvalue weighted by Gasteiger charge is -2.07. The van der Waals surface area contributed by atoms with Gasteiger partial charge >= 0.3 is 5.97 Å². The van der Waals surface area contributed by atoms with Gasteiger partial charge in [0.15, 0.2) is 5.78 Å². The van der Waals surface area contributed by atoms with E-state index in [1.807, 2.05) is 12.1 Å². The first-order chi connectivity index (χ1) is 14.4. The molecule has 0 unspecified atom stereocenters. The lowest BCUT2D eigenvalue weighted by molar-refractivity contribution is -0.385. The van der Waals surface area contributed by atoms with E-state index in [1.165, 1.54) is 24.4 Å². The van der Waals surface area contributed by atoms with Gasteiger partial charge in [0.05, 0.1) is 10.5 Å². The van der Waals surface area contributed by atoms with Gasteiger partial charge in [-0.3, -0.25) is 19.9 Å². The van der Waals surface area contributed by atoms with Crippen LogP contribution in [0, 0.1) is 10.1 Å². The predicted octanol–water partition coefficient (Wildman–Crippen LogP) is 3.47. The zero-order valence-electron chi connectivity index (χ0n) is 15.9. The van der Waals surface area contributed by atoms with Gasteiger partial charge in [-0.25, -0.2) is 4.79 Å². The van der Waals surface area contributed by atoms with Crippen molar-refractivity contribution in [1.29, 1.82) is 0 Å². The highest BCUT2D eigenvalue weighted by Crippen LogP contribution is 2.16. The molecule has 30 heavy (non-hydrogen) atoms. The van der Waals surface area contributed by atoms with Crippen LogP contribution in [-0.4, -0.2) is 33.4 Å². The van der Waals surface area contributed by atoms with Gasteiger partial charge in [-0.15, -0.1) is 0 Å². The molecule has 0 fully saturated rings. The number of nitrogens with zero attached hydrogens (tertiary/aromatic N) is 2. The maximum Gasteiger partial charge on any atom is 0.335 e. The molecular weight excluding hydrogens is 388 g/mol. The van der Waals surface area contributed by atoms with Gasteiger partial charge < -0.3 is 9.84 Å². The molecule has 8 heteroatoms. The number of Topliss-reactive ketones (excluding diaryl/α,β-unsaturated/α-hetero) is 1. The quantitative estimate of drug-likeness (QED) is 0.427. The molecule has 0 aliphatic heterocycles. The van der Waals surface area contributed by atoms with Gasteiger partial charge in [-0.1, -0.05) is 24.3 Å². The molecular formula is C22H18N2O6. The summed E-state index contributed by atoms with van der Waals surface area (Å²) in [4.78, 5) is 37.4. The lowest BCUT2D eigenvalue weighted by Crippen LogP contribution is -2.14. The van der Waals surface area contributed by atoms with Crippen LogP contribution >= 0.6 is 0 Å². The van der Waals surface area contributed by atoms with Crippen molar-refractivity contribution in [2.45, 2.75) is 12.8 Å². The van der Waals surface area contributed by atoms with E-state index in [9.17, 15) is 19.7 Å². The van der Waals surface area contributed by atoms with Crippen molar-refractivity contribution in [3.8, 4) is 5.75 Å². The third-order valence-corrected chi connectivity index (χ3v) is 4.30. The van der Waals surface area contributed by atoms with Crippen molar-refractivity contribution in [2.24, 2.45) is 0 Å². The molecule has 0 atom stereocenters. The van der Waals surface area contributed by atoms with Crippen molar-refractivity contribution in [1.82, 2.24) is 4.98 Å². The van der Waals surface area contributed by atoms with Crippen molar-refractivity contribution in [3.63, 3.8) is 0 Å². The number of carbonyl (C=O) groups is 2. The minimum absolute atomic E-state index is 0.0538. The molecule has 0 bridgehead atoms. The number of ether oxygens (including phenoxy) is 1. The molecule has 3 aromatic rings. The Hall–Kier alpha value is -4.07. The molecule has 1 heterocycles. The molecule has 0 spiro atoms. The van der Waals surface area contributed by atoms with Gasteiger partial charge in [0.2, 0.25) is 0 Å². The molecule has 8 nitrogen and oxygen atoms in total. The molecule has 3 rings (SSSR count). The predicted molar refractivity (Wildman–Crippen MR) is 108 cm³/mol. The van der Waals surface area contributed by atoms with Crippen LogP contribution in [0.25, 0.3) is 0 Å². The Morgan fingerprint density at radius 1 is 1.03 bits per heavy atom. The Bertz CT molecular complexity index is 1060. The van der Waals surface area contributed by atoms with Crippen molar-refractivity contribution in [3.05, 3.63) is 99.4 Å². The number of hydrogen-bond donors (Lipinski definition) is 1. The fourth-order valence-electron chi connectivity index (χ4n) is 2.80. The molecule has 152 valence electrons. The molecule has 0 saturated carbocycles. The lowest BCUT2D eigenvalue weighted by atomic mass is 10.1. The summed E-state index contributed by atoms with van der Waals surface area (Å²) in [6.07, 6.45) is 1.83. The average Bonchev–Trinajstić information content (AvgIpc) is 2.74. The van der Waals surface area contributed by atoms with Crippen LogP contribution in [0.5, 0.6) is 5.75 Å². The Morgan fingerprint density at radius 2 is 1.80 bits per heavy atom. The minimum atomic E-state index is -1.04. The SMILES string of the molecule is O=C(COc1ccc(Cc2ccc([N+](=O)[O-])cn2)cc1)Cc1cccc(C(=O)O)c1. The fraction of sp³-hybridized carbons (Fsp3) is 0.136. The number of carboxylic acid groups (broad SMARTS) is 1. The smallest absolute Gasteiger partial charge is 0.335 e. The fourth-order valence-corrected chi connectivity index (χ4v) is 2.80. The van der Waals surface area contributed by atoms with E-state index in [0.717, 1.165) is 5.56 Å². The standard InChI is InChI=1S/C22H18N2O6/c25-20(12-16-2-1-3-17(10-16)22(26)27)14-30-21-8-4-15(5-9-21)11-18-6-7-19(13-23-18)24(28)29/h1-10,13H,11-12,14H2,(H,26,27). The number of aromatic carboxylic acids is 1. The van der Waals surface area contributed by atoms with Gasteiger partial charge in [0.1, 0.15) is 18.6 Å². The van der Waals surface area contributed by atoms with E-state index in [-0.39, 0.29) is 30.1 Å². The number of rotatable bonds is 9. The second-order valence-electron chi connectivity index (χ2n) is 6.60. The number of aromatic nitrogens is 1. The third kappa shape index (κ3) is 5.71. The number of nitro groups is 1. The average molecular weight is 406 g/mol. The highest BCUT2D eigenvalue weighted by Gasteiger charge is 2.09. The number of carbonyl (C=O) groups excluding carboxylic acids is 1. The monoisotopic (exact) mass is 406 g/mol. The summed E-state index contributed by atoms with van der Waals surface area (Å²) in [5, 5.41) is 19.7. The van der Waals surface area contributed by atoms with Gasteiger partial charge in [0, 0.05) is 24.6 Å². The van der Waals surface area contributed by atoms with E-state index >= 15 is 0 Å². The molecule has 0 aliphatic rings. The van der Waals surface area contributed by atoms with E-state index in [2.05, 4.69) is 4.98 Å². The number of pyridine rings is 1. The summed E-state index contributed by atoms with van der Waals surface area (Å²) >= 11 is 0. The Morgan fingerprint density at radius 3 is 2.43 bits per heavy atom. The summed E-state index contributed by atoms with van der Waals surface area (Å²) in [5.74, 6) is -0.677. The normalized spacial score (nSPS) is 10.4. The Labute approximate surface area is 171 Å². The Balaban J connectivity index is 1.51. The molecule has 0 aliphatic carbocycles. The molecule has 1 N–H and O–H groups in total. The second kappa shape index (κ2) is 9.42.